The highest BCUT2D eigenvalue weighted by Gasteiger charge is 2.46. The van der Waals surface area contributed by atoms with Gasteiger partial charge in [0, 0.05) is 22.2 Å². The van der Waals surface area contributed by atoms with E-state index in [1.807, 2.05) is 0 Å². The minimum Gasteiger partial charge on any atom is -0.456 e. The first kappa shape index (κ1) is 36.7. The van der Waals surface area contributed by atoms with Crippen molar-refractivity contribution in [3.05, 3.63) is 258 Å². The van der Waals surface area contributed by atoms with Gasteiger partial charge in [-0.2, -0.15) is 0 Å². The van der Waals surface area contributed by atoms with Crippen LogP contribution in [0.1, 0.15) is 47.2 Å². The van der Waals surface area contributed by atoms with E-state index in [0.717, 1.165) is 39.0 Å². The third kappa shape index (κ3) is 5.08. The largest absolute Gasteiger partial charge is 0.456 e. The molecule has 0 spiro atoms. The zero-order valence-electron chi connectivity index (χ0n) is 35.7. The van der Waals surface area contributed by atoms with Gasteiger partial charge in [-0.05, 0) is 120 Å². The molecule has 1 heterocycles. The van der Waals surface area contributed by atoms with E-state index in [1.54, 1.807) is 0 Å². The summed E-state index contributed by atoms with van der Waals surface area (Å²) in [6.45, 7) is 4.73. The molecule has 0 fully saturated rings. The maximum absolute atomic E-state index is 6.92. The SMILES string of the molecule is CC1(C)c2ccccc2-c2ccc(N(c3ccc(C4(c5ccccc5)c5ccccc5-c5ccccc54)cc3)c3cccc4oc5cc(-c6ccccc6)c6ccccc6c5c34)cc21. The van der Waals surface area contributed by atoms with E-state index < -0.39 is 5.41 Å². The molecule has 0 bridgehead atoms. The molecule has 2 aliphatic rings. The Kier molecular flexibility index (Phi) is 7.90. The van der Waals surface area contributed by atoms with Gasteiger partial charge < -0.3 is 9.32 Å². The van der Waals surface area contributed by atoms with Crippen LogP contribution in [0.25, 0.3) is 66.1 Å². The Bertz CT molecular complexity index is 3590. The van der Waals surface area contributed by atoms with Crippen LogP contribution < -0.4 is 4.90 Å². The van der Waals surface area contributed by atoms with Gasteiger partial charge in [-0.15, -0.1) is 0 Å². The first-order chi connectivity index (χ1) is 31.5. The van der Waals surface area contributed by atoms with Gasteiger partial charge in [0.05, 0.1) is 16.5 Å². The first-order valence-electron chi connectivity index (χ1n) is 22.3. The highest BCUT2D eigenvalue weighted by atomic mass is 16.3. The van der Waals surface area contributed by atoms with E-state index in [1.165, 1.54) is 77.5 Å². The fourth-order valence-electron chi connectivity index (χ4n) is 11.5. The molecular formula is C62H43NO. The van der Waals surface area contributed by atoms with Crippen LogP contribution in [-0.2, 0) is 10.8 Å². The zero-order chi connectivity index (χ0) is 42.6. The van der Waals surface area contributed by atoms with Crippen LogP contribution in [0.4, 0.5) is 17.1 Å². The Morgan fingerprint density at radius 1 is 0.359 bits per heavy atom. The Balaban J connectivity index is 1.07. The predicted molar refractivity (Wildman–Crippen MR) is 266 cm³/mol. The molecule has 10 aromatic carbocycles. The number of anilines is 3. The number of hydrogen-bond donors (Lipinski definition) is 0. The summed E-state index contributed by atoms with van der Waals surface area (Å²) in [6, 6.07) is 82.6. The quantitative estimate of drug-likeness (QED) is 0.166. The van der Waals surface area contributed by atoms with E-state index in [2.05, 4.69) is 243 Å². The van der Waals surface area contributed by atoms with Crippen molar-refractivity contribution < 1.29 is 4.42 Å². The monoisotopic (exact) mass is 817 g/mol. The number of furan rings is 1. The molecule has 0 saturated carbocycles. The molecule has 0 aliphatic heterocycles. The Labute approximate surface area is 373 Å². The Morgan fingerprint density at radius 2 is 0.906 bits per heavy atom. The lowest BCUT2D eigenvalue weighted by atomic mass is 9.68. The van der Waals surface area contributed by atoms with Crippen molar-refractivity contribution in [2.24, 2.45) is 0 Å². The summed E-state index contributed by atoms with van der Waals surface area (Å²) >= 11 is 0. The van der Waals surface area contributed by atoms with Crippen LogP contribution in [0.5, 0.6) is 0 Å². The first-order valence-corrected chi connectivity index (χ1v) is 22.3. The van der Waals surface area contributed by atoms with Gasteiger partial charge in [0.25, 0.3) is 0 Å². The van der Waals surface area contributed by atoms with Crippen LogP contribution in [0.15, 0.2) is 229 Å². The molecule has 0 unspecified atom stereocenters. The topological polar surface area (TPSA) is 16.4 Å². The molecule has 0 atom stereocenters. The van der Waals surface area contributed by atoms with E-state index in [4.69, 9.17) is 4.42 Å². The number of rotatable bonds is 6. The molecule has 0 N–H and O–H groups in total. The summed E-state index contributed by atoms with van der Waals surface area (Å²) in [5.41, 5.74) is 19.7. The average molecular weight is 818 g/mol. The smallest absolute Gasteiger partial charge is 0.137 e. The van der Waals surface area contributed by atoms with Gasteiger partial charge >= 0.3 is 0 Å². The maximum atomic E-state index is 6.92. The molecule has 0 amide bonds. The summed E-state index contributed by atoms with van der Waals surface area (Å²) in [6.07, 6.45) is 0. The maximum Gasteiger partial charge on any atom is 0.137 e. The fraction of sp³-hybridized carbons (Fsp3) is 0.0645. The molecule has 1 aromatic heterocycles. The van der Waals surface area contributed by atoms with Gasteiger partial charge in [0.1, 0.15) is 11.2 Å². The fourth-order valence-corrected chi connectivity index (χ4v) is 11.5. The van der Waals surface area contributed by atoms with Crippen molar-refractivity contribution >= 4 is 49.8 Å². The minimum absolute atomic E-state index is 0.166. The second-order valence-corrected chi connectivity index (χ2v) is 18.0. The van der Waals surface area contributed by atoms with Gasteiger partial charge in [0.15, 0.2) is 0 Å². The standard InChI is InChI=1S/C62H43NO/c1-61(2)52-27-14-11-23-46(52)49-37-36-44(38-55(49)61)63(56-30-17-31-57-60(56)59-50-26-10-9-22-45(50)51(39-58(59)64-57)40-18-5-3-6-19-40)43-34-32-42(33-35-43)62(41-20-7-4-8-21-41)53-28-15-12-24-47(53)48-25-13-16-29-54(48)62/h3-39H,1-2H3. The lowest BCUT2D eigenvalue weighted by Crippen LogP contribution is -2.28. The van der Waals surface area contributed by atoms with E-state index >= 15 is 0 Å². The second kappa shape index (κ2) is 13.8. The summed E-state index contributed by atoms with van der Waals surface area (Å²) in [5.74, 6) is 0. The van der Waals surface area contributed by atoms with Crippen molar-refractivity contribution in [2.45, 2.75) is 24.7 Å². The van der Waals surface area contributed by atoms with E-state index in [0.29, 0.717) is 0 Å². The van der Waals surface area contributed by atoms with Crippen molar-refractivity contribution in [3.63, 3.8) is 0 Å². The van der Waals surface area contributed by atoms with Crippen LogP contribution in [0, 0.1) is 0 Å². The molecule has 11 aromatic rings. The Hall–Kier alpha value is -7.94. The van der Waals surface area contributed by atoms with Gasteiger partial charge in [0.2, 0.25) is 0 Å². The average Bonchev–Trinajstić information content (AvgIpc) is 3.96. The summed E-state index contributed by atoms with van der Waals surface area (Å²) in [4.78, 5) is 2.46. The number of fused-ring (bicyclic) bond motifs is 11. The third-order valence-corrected chi connectivity index (χ3v) is 14.4. The zero-order valence-corrected chi connectivity index (χ0v) is 35.7. The van der Waals surface area contributed by atoms with Crippen molar-refractivity contribution in [3.8, 4) is 33.4 Å². The van der Waals surface area contributed by atoms with Gasteiger partial charge in [-0.1, -0.05) is 196 Å². The highest BCUT2D eigenvalue weighted by molar-refractivity contribution is 6.25. The lowest BCUT2D eigenvalue weighted by Gasteiger charge is -2.34. The third-order valence-electron chi connectivity index (χ3n) is 14.4. The summed E-state index contributed by atoms with van der Waals surface area (Å²) in [7, 11) is 0. The van der Waals surface area contributed by atoms with Crippen LogP contribution in [-0.4, -0.2) is 0 Å². The normalized spacial score (nSPS) is 14.0. The predicted octanol–water partition coefficient (Wildman–Crippen LogP) is 16.5. The second-order valence-electron chi connectivity index (χ2n) is 18.0. The minimum atomic E-state index is -0.489. The lowest BCUT2D eigenvalue weighted by molar-refractivity contribution is 0.660. The number of nitrogens with zero attached hydrogens (tertiary/aromatic N) is 1. The van der Waals surface area contributed by atoms with Gasteiger partial charge in [-0.3, -0.25) is 0 Å². The number of benzene rings is 10. The van der Waals surface area contributed by atoms with Crippen molar-refractivity contribution in [1.29, 1.82) is 0 Å². The van der Waals surface area contributed by atoms with E-state index in [-0.39, 0.29) is 5.41 Å². The number of hydrogen-bond acceptors (Lipinski definition) is 2. The summed E-state index contributed by atoms with van der Waals surface area (Å²) in [5, 5.41) is 4.60. The molecule has 302 valence electrons. The van der Waals surface area contributed by atoms with Crippen molar-refractivity contribution in [1.82, 2.24) is 0 Å². The Morgan fingerprint density at radius 3 is 1.61 bits per heavy atom. The van der Waals surface area contributed by atoms with Crippen LogP contribution in [0.3, 0.4) is 0 Å². The summed E-state index contributed by atoms with van der Waals surface area (Å²) < 4.78 is 6.92. The molecule has 0 radical (unpaired) electrons. The molecule has 13 rings (SSSR count). The highest BCUT2D eigenvalue weighted by Crippen LogP contribution is 2.57. The molecule has 0 saturated heterocycles. The van der Waals surface area contributed by atoms with Gasteiger partial charge in [-0.25, -0.2) is 0 Å². The van der Waals surface area contributed by atoms with Crippen LogP contribution in [0.2, 0.25) is 0 Å². The molecule has 2 aliphatic carbocycles. The molecular weight excluding hydrogens is 775 g/mol. The molecule has 64 heavy (non-hydrogen) atoms. The van der Waals surface area contributed by atoms with E-state index in [9.17, 15) is 0 Å². The van der Waals surface area contributed by atoms with Crippen LogP contribution >= 0.6 is 0 Å². The molecule has 2 nitrogen and oxygen atoms in total. The van der Waals surface area contributed by atoms with Crippen molar-refractivity contribution in [2.75, 3.05) is 4.90 Å². The molecule has 2 heteroatoms.